The molecule has 0 unspecified atom stereocenters. The lowest BCUT2D eigenvalue weighted by Crippen LogP contribution is -2.03. The molecule has 1 aromatic carbocycles. The van der Waals surface area contributed by atoms with Crippen LogP contribution in [-0.2, 0) is 0 Å². The fourth-order valence-corrected chi connectivity index (χ4v) is 3.14. The molecule has 3 aromatic heterocycles. The number of ether oxygens (including phenoxy) is 1. The summed E-state index contributed by atoms with van der Waals surface area (Å²) in [4.78, 5) is 17.3. The Balaban J connectivity index is 1.89. The number of rotatable bonds is 4. The van der Waals surface area contributed by atoms with Gasteiger partial charge in [0.15, 0.2) is 0 Å². The summed E-state index contributed by atoms with van der Waals surface area (Å²) in [5, 5.41) is 0. The van der Waals surface area contributed by atoms with E-state index >= 15 is 0 Å². The van der Waals surface area contributed by atoms with Crippen molar-refractivity contribution in [1.82, 2.24) is 24.5 Å². The first kappa shape index (κ1) is 17.0. The predicted molar refractivity (Wildman–Crippen MR) is 105 cm³/mol. The van der Waals surface area contributed by atoms with Crippen molar-refractivity contribution in [1.29, 1.82) is 0 Å². The standard InChI is InChI=1S/C20H20N6O/c1-12(2)26-18-5-4-13(15-9-23-20(21)24-10-15)7-17(18)25-19(26)14-6-16(27-3)11-22-8-14/h4-12H,1-3H3,(H2,21,23,24). The first-order valence-electron chi connectivity index (χ1n) is 8.66. The first-order chi connectivity index (χ1) is 13.1. The molecule has 0 aliphatic heterocycles. The van der Waals surface area contributed by atoms with Gasteiger partial charge >= 0.3 is 0 Å². The molecule has 136 valence electrons. The van der Waals surface area contributed by atoms with Gasteiger partial charge in [0.05, 0.1) is 24.3 Å². The maximum Gasteiger partial charge on any atom is 0.219 e. The van der Waals surface area contributed by atoms with E-state index in [-0.39, 0.29) is 12.0 Å². The maximum atomic E-state index is 5.59. The molecule has 0 saturated carbocycles. The third-order valence-electron chi connectivity index (χ3n) is 4.42. The van der Waals surface area contributed by atoms with Gasteiger partial charge in [0.2, 0.25) is 5.95 Å². The summed E-state index contributed by atoms with van der Waals surface area (Å²) in [6, 6.07) is 8.35. The average Bonchev–Trinajstić information content (AvgIpc) is 3.07. The molecule has 0 saturated heterocycles. The summed E-state index contributed by atoms with van der Waals surface area (Å²) < 4.78 is 7.52. The SMILES string of the molecule is COc1cncc(-c2nc3cc(-c4cnc(N)nc4)ccc3n2C(C)C)c1. The van der Waals surface area contributed by atoms with Gasteiger partial charge in [-0.25, -0.2) is 15.0 Å². The number of nitrogens with two attached hydrogens (primary N) is 1. The number of methoxy groups -OCH3 is 1. The van der Waals surface area contributed by atoms with Gasteiger partial charge in [-0.3, -0.25) is 4.98 Å². The average molecular weight is 360 g/mol. The second-order valence-corrected chi connectivity index (χ2v) is 6.55. The summed E-state index contributed by atoms with van der Waals surface area (Å²) in [5.74, 6) is 1.82. The summed E-state index contributed by atoms with van der Waals surface area (Å²) in [7, 11) is 1.63. The van der Waals surface area contributed by atoms with E-state index in [4.69, 9.17) is 15.5 Å². The Labute approximate surface area is 156 Å². The normalized spacial score (nSPS) is 11.3. The van der Waals surface area contributed by atoms with Crippen LogP contribution in [0.25, 0.3) is 33.5 Å². The number of benzene rings is 1. The topological polar surface area (TPSA) is 91.7 Å². The Kier molecular flexibility index (Phi) is 4.19. The largest absolute Gasteiger partial charge is 0.495 e. The van der Waals surface area contributed by atoms with Crippen LogP contribution in [0.3, 0.4) is 0 Å². The molecule has 0 fully saturated rings. The van der Waals surface area contributed by atoms with E-state index in [0.717, 1.165) is 33.5 Å². The highest BCUT2D eigenvalue weighted by atomic mass is 16.5. The van der Waals surface area contributed by atoms with Crippen LogP contribution in [0.1, 0.15) is 19.9 Å². The maximum absolute atomic E-state index is 5.59. The highest BCUT2D eigenvalue weighted by molar-refractivity contribution is 5.85. The number of nitrogens with zero attached hydrogens (tertiary/aromatic N) is 5. The predicted octanol–water partition coefficient (Wildman–Crippen LogP) is 3.73. The number of hydrogen-bond acceptors (Lipinski definition) is 6. The van der Waals surface area contributed by atoms with Crippen LogP contribution in [0.5, 0.6) is 5.75 Å². The van der Waals surface area contributed by atoms with Crippen LogP contribution in [0.4, 0.5) is 5.95 Å². The van der Waals surface area contributed by atoms with Crippen molar-refractivity contribution < 1.29 is 4.74 Å². The number of nitrogen functional groups attached to an aromatic ring is 1. The van der Waals surface area contributed by atoms with E-state index in [1.165, 1.54) is 0 Å². The van der Waals surface area contributed by atoms with Gasteiger partial charge in [0, 0.05) is 35.8 Å². The monoisotopic (exact) mass is 360 g/mol. The van der Waals surface area contributed by atoms with Gasteiger partial charge in [-0.2, -0.15) is 0 Å². The summed E-state index contributed by atoms with van der Waals surface area (Å²) >= 11 is 0. The van der Waals surface area contributed by atoms with E-state index in [1.54, 1.807) is 31.9 Å². The Hall–Kier alpha value is -3.48. The first-order valence-corrected chi connectivity index (χ1v) is 8.66. The molecule has 7 nitrogen and oxygen atoms in total. The van der Waals surface area contributed by atoms with E-state index in [9.17, 15) is 0 Å². The number of aromatic nitrogens is 5. The highest BCUT2D eigenvalue weighted by Crippen LogP contribution is 2.31. The molecule has 0 radical (unpaired) electrons. The molecule has 0 aliphatic carbocycles. The molecule has 7 heteroatoms. The van der Waals surface area contributed by atoms with Gasteiger partial charge < -0.3 is 15.0 Å². The number of imidazole rings is 1. The molecule has 0 atom stereocenters. The molecule has 0 amide bonds. The zero-order valence-electron chi connectivity index (χ0n) is 15.4. The fraction of sp³-hybridized carbons (Fsp3) is 0.200. The minimum Gasteiger partial charge on any atom is -0.495 e. The molecule has 2 N–H and O–H groups in total. The Morgan fingerprint density at radius 2 is 1.74 bits per heavy atom. The number of anilines is 1. The van der Waals surface area contributed by atoms with E-state index < -0.39 is 0 Å². The lowest BCUT2D eigenvalue weighted by molar-refractivity contribution is 0.413. The summed E-state index contributed by atoms with van der Waals surface area (Å²) in [5.41, 5.74) is 10.3. The van der Waals surface area contributed by atoms with Gasteiger partial charge in [-0.05, 0) is 37.6 Å². The Morgan fingerprint density at radius 1 is 0.963 bits per heavy atom. The second-order valence-electron chi connectivity index (χ2n) is 6.55. The van der Waals surface area contributed by atoms with Crippen molar-refractivity contribution in [3.63, 3.8) is 0 Å². The van der Waals surface area contributed by atoms with Gasteiger partial charge in [0.25, 0.3) is 0 Å². The molecule has 3 heterocycles. The molecule has 0 spiro atoms. The number of fused-ring (bicyclic) bond motifs is 1. The molecule has 4 rings (SSSR count). The number of pyridine rings is 1. The summed E-state index contributed by atoms with van der Waals surface area (Å²) in [6.07, 6.45) is 6.92. The fourth-order valence-electron chi connectivity index (χ4n) is 3.14. The zero-order chi connectivity index (χ0) is 19.0. The Bertz CT molecular complexity index is 1100. The van der Waals surface area contributed by atoms with Crippen LogP contribution >= 0.6 is 0 Å². The van der Waals surface area contributed by atoms with E-state index in [2.05, 4.69) is 39.4 Å². The van der Waals surface area contributed by atoms with Crippen molar-refractivity contribution >= 4 is 17.0 Å². The minimum atomic E-state index is 0.238. The quantitative estimate of drug-likeness (QED) is 0.596. The second kappa shape index (κ2) is 6.68. The smallest absolute Gasteiger partial charge is 0.219 e. The molecule has 4 aromatic rings. The highest BCUT2D eigenvalue weighted by Gasteiger charge is 2.16. The van der Waals surface area contributed by atoms with E-state index in [1.807, 2.05) is 18.2 Å². The van der Waals surface area contributed by atoms with Crippen molar-refractivity contribution in [2.75, 3.05) is 12.8 Å². The third-order valence-corrected chi connectivity index (χ3v) is 4.42. The van der Waals surface area contributed by atoms with E-state index in [0.29, 0.717) is 5.75 Å². The van der Waals surface area contributed by atoms with Crippen LogP contribution in [-0.4, -0.2) is 31.6 Å². The van der Waals surface area contributed by atoms with Crippen molar-refractivity contribution in [2.45, 2.75) is 19.9 Å². The van der Waals surface area contributed by atoms with Crippen LogP contribution < -0.4 is 10.5 Å². The van der Waals surface area contributed by atoms with Gasteiger partial charge in [-0.1, -0.05) is 6.07 Å². The Morgan fingerprint density at radius 3 is 2.44 bits per heavy atom. The molecular weight excluding hydrogens is 340 g/mol. The van der Waals surface area contributed by atoms with Crippen LogP contribution in [0.15, 0.2) is 49.1 Å². The van der Waals surface area contributed by atoms with Crippen molar-refractivity contribution in [3.05, 3.63) is 49.1 Å². The lowest BCUT2D eigenvalue weighted by atomic mass is 10.1. The molecular formula is C20H20N6O. The zero-order valence-corrected chi connectivity index (χ0v) is 15.4. The van der Waals surface area contributed by atoms with Crippen LogP contribution in [0, 0.1) is 0 Å². The molecule has 27 heavy (non-hydrogen) atoms. The lowest BCUT2D eigenvalue weighted by Gasteiger charge is -2.13. The van der Waals surface area contributed by atoms with Gasteiger partial charge in [-0.15, -0.1) is 0 Å². The van der Waals surface area contributed by atoms with Gasteiger partial charge in [0.1, 0.15) is 11.6 Å². The number of hydrogen-bond donors (Lipinski definition) is 1. The van der Waals surface area contributed by atoms with Crippen molar-refractivity contribution in [3.8, 4) is 28.3 Å². The van der Waals surface area contributed by atoms with Crippen LogP contribution in [0.2, 0.25) is 0 Å². The molecule has 0 bridgehead atoms. The molecule has 0 aliphatic rings. The summed E-state index contributed by atoms with van der Waals surface area (Å²) in [6.45, 7) is 4.28. The third kappa shape index (κ3) is 3.08. The van der Waals surface area contributed by atoms with Crippen molar-refractivity contribution in [2.24, 2.45) is 0 Å². The minimum absolute atomic E-state index is 0.238.